The Morgan fingerprint density at radius 1 is 1.06 bits per heavy atom. The Kier molecular flexibility index (Phi) is 3.89. The summed E-state index contributed by atoms with van der Waals surface area (Å²) < 4.78 is 61.5. The van der Waals surface area contributed by atoms with Gasteiger partial charge in [0, 0.05) is 0 Å². The van der Waals surface area contributed by atoms with Crippen molar-refractivity contribution in [3.05, 3.63) is 23.8 Å². The lowest BCUT2D eigenvalue weighted by atomic mass is 10.1. The highest BCUT2D eigenvalue weighted by Gasteiger charge is 2.19. The van der Waals surface area contributed by atoms with Gasteiger partial charge in [-0.3, -0.25) is 9.11 Å². The van der Waals surface area contributed by atoms with E-state index in [1.54, 1.807) is 0 Å². The summed E-state index contributed by atoms with van der Waals surface area (Å²) in [6.45, 7) is 0.133. The maximum Gasteiger partial charge on any atom is 0.294 e. The Hall–Kier alpha value is -1.00. The first-order valence-electron chi connectivity index (χ1n) is 4.44. The molecule has 1 aromatic rings. The molecule has 7 nitrogen and oxygen atoms in total. The summed E-state index contributed by atoms with van der Waals surface area (Å²) in [5.41, 5.74) is 5.44. The van der Waals surface area contributed by atoms with Gasteiger partial charge in [0.2, 0.25) is 0 Å². The van der Waals surface area contributed by atoms with E-state index in [2.05, 4.69) is 0 Å². The summed E-state index contributed by atoms with van der Waals surface area (Å²) in [4.78, 5) is -1.18. The fraction of sp³-hybridized carbons (Fsp3) is 0.250. The van der Waals surface area contributed by atoms with E-state index in [-0.39, 0.29) is 18.5 Å². The van der Waals surface area contributed by atoms with Gasteiger partial charge in [0.05, 0.1) is 9.79 Å². The Morgan fingerprint density at radius 3 is 2.06 bits per heavy atom. The lowest BCUT2D eigenvalue weighted by molar-refractivity contribution is 0.480. The lowest BCUT2D eigenvalue weighted by Gasteiger charge is -2.07. The van der Waals surface area contributed by atoms with Crippen molar-refractivity contribution in [2.45, 2.75) is 16.2 Å². The molecule has 0 atom stereocenters. The maximum atomic E-state index is 11.0. The molecule has 0 bridgehead atoms. The molecule has 0 aliphatic carbocycles. The predicted octanol–water partition coefficient (Wildman–Crippen LogP) is -0.319. The summed E-state index contributed by atoms with van der Waals surface area (Å²) in [6, 6.07) is 2.91. The Balaban J connectivity index is 3.51. The quantitative estimate of drug-likeness (QED) is 0.644. The zero-order valence-corrected chi connectivity index (χ0v) is 10.2. The SMILES string of the molecule is NCCc1ccc(S(=O)(=O)O)cc1S(=O)(=O)O. The van der Waals surface area contributed by atoms with Gasteiger partial charge in [-0.25, -0.2) is 0 Å². The monoisotopic (exact) mass is 281 g/mol. The average Bonchev–Trinajstić information content (AvgIpc) is 2.15. The molecule has 0 aliphatic rings. The summed E-state index contributed by atoms with van der Waals surface area (Å²) in [5, 5.41) is 0. The fourth-order valence-corrected chi connectivity index (χ4v) is 2.66. The van der Waals surface area contributed by atoms with Crippen molar-refractivity contribution < 1.29 is 25.9 Å². The van der Waals surface area contributed by atoms with Crippen LogP contribution in [0.4, 0.5) is 0 Å². The van der Waals surface area contributed by atoms with E-state index in [0.29, 0.717) is 6.07 Å². The molecule has 0 saturated carbocycles. The molecule has 96 valence electrons. The highest BCUT2D eigenvalue weighted by Crippen LogP contribution is 2.20. The van der Waals surface area contributed by atoms with Crippen LogP contribution in [0.25, 0.3) is 0 Å². The maximum absolute atomic E-state index is 11.0. The molecule has 0 saturated heterocycles. The van der Waals surface area contributed by atoms with Gasteiger partial charge in [-0.2, -0.15) is 16.8 Å². The molecule has 4 N–H and O–H groups in total. The van der Waals surface area contributed by atoms with Crippen molar-refractivity contribution in [2.24, 2.45) is 5.73 Å². The van der Waals surface area contributed by atoms with Crippen LogP contribution < -0.4 is 5.73 Å². The van der Waals surface area contributed by atoms with E-state index in [1.807, 2.05) is 0 Å². The topological polar surface area (TPSA) is 135 Å². The van der Waals surface area contributed by atoms with Crippen LogP contribution in [0.15, 0.2) is 28.0 Å². The van der Waals surface area contributed by atoms with Crippen LogP contribution in [0.5, 0.6) is 0 Å². The minimum Gasteiger partial charge on any atom is -0.330 e. The first-order valence-corrected chi connectivity index (χ1v) is 7.32. The average molecular weight is 281 g/mol. The predicted molar refractivity (Wildman–Crippen MR) is 58.8 cm³/mol. The van der Waals surface area contributed by atoms with Crippen molar-refractivity contribution in [1.29, 1.82) is 0 Å². The first-order chi connectivity index (χ1) is 7.66. The highest BCUT2D eigenvalue weighted by atomic mass is 32.2. The van der Waals surface area contributed by atoms with E-state index >= 15 is 0 Å². The molecule has 0 heterocycles. The van der Waals surface area contributed by atoms with Crippen LogP contribution >= 0.6 is 0 Å². The van der Waals surface area contributed by atoms with Crippen molar-refractivity contribution in [1.82, 2.24) is 0 Å². The van der Waals surface area contributed by atoms with E-state index in [9.17, 15) is 16.8 Å². The Morgan fingerprint density at radius 2 is 1.65 bits per heavy atom. The second-order valence-corrected chi connectivity index (χ2v) is 6.07. The molecule has 1 aromatic carbocycles. The minimum atomic E-state index is -4.57. The third-order valence-corrected chi connectivity index (χ3v) is 3.81. The van der Waals surface area contributed by atoms with E-state index < -0.39 is 30.0 Å². The van der Waals surface area contributed by atoms with Crippen LogP contribution in [-0.4, -0.2) is 32.5 Å². The molecular formula is C8H11NO6S2. The first kappa shape index (κ1) is 14.1. The van der Waals surface area contributed by atoms with Gasteiger partial charge in [0.15, 0.2) is 0 Å². The van der Waals surface area contributed by atoms with Crippen LogP contribution in [-0.2, 0) is 26.7 Å². The number of hydrogen-bond donors (Lipinski definition) is 3. The molecule has 0 aliphatic heterocycles. The molecule has 0 radical (unpaired) electrons. The fourth-order valence-electron chi connectivity index (χ4n) is 1.30. The Bertz CT molecular complexity index is 619. The number of benzene rings is 1. The zero-order chi connectivity index (χ0) is 13.3. The van der Waals surface area contributed by atoms with Crippen LogP contribution in [0.2, 0.25) is 0 Å². The molecule has 0 unspecified atom stereocenters. The standard InChI is InChI=1S/C8H11NO6S2/c9-4-3-6-1-2-7(16(10,11)12)5-8(6)17(13,14)15/h1-2,5H,3-4,9H2,(H,10,11,12)(H,13,14,15). The van der Waals surface area contributed by atoms with Gasteiger partial charge in [0.25, 0.3) is 20.2 Å². The number of nitrogens with two attached hydrogens (primary N) is 1. The lowest BCUT2D eigenvalue weighted by Crippen LogP contribution is -2.10. The smallest absolute Gasteiger partial charge is 0.294 e. The number of hydrogen-bond acceptors (Lipinski definition) is 5. The number of rotatable bonds is 4. The molecule has 0 aromatic heterocycles. The third-order valence-electron chi connectivity index (χ3n) is 2.03. The van der Waals surface area contributed by atoms with Gasteiger partial charge >= 0.3 is 0 Å². The van der Waals surface area contributed by atoms with Gasteiger partial charge in [-0.1, -0.05) is 6.07 Å². The summed E-state index contributed by atoms with van der Waals surface area (Å²) in [6.07, 6.45) is 0.154. The van der Waals surface area contributed by atoms with Crippen molar-refractivity contribution in [3.63, 3.8) is 0 Å². The van der Waals surface area contributed by atoms with Gasteiger partial charge < -0.3 is 5.73 Å². The molecule has 0 fully saturated rings. The van der Waals surface area contributed by atoms with Crippen molar-refractivity contribution >= 4 is 20.2 Å². The molecular weight excluding hydrogens is 270 g/mol. The molecule has 1 rings (SSSR count). The second-order valence-electron chi connectivity index (χ2n) is 3.26. The largest absolute Gasteiger partial charge is 0.330 e. The minimum absolute atomic E-state index is 0.133. The van der Waals surface area contributed by atoms with Crippen molar-refractivity contribution in [3.8, 4) is 0 Å². The molecule has 0 amide bonds. The third kappa shape index (κ3) is 3.48. The second kappa shape index (κ2) is 4.70. The highest BCUT2D eigenvalue weighted by molar-refractivity contribution is 7.86. The summed E-state index contributed by atoms with van der Waals surface area (Å²) in [5.74, 6) is 0. The molecule has 17 heavy (non-hydrogen) atoms. The summed E-state index contributed by atoms with van der Waals surface area (Å²) in [7, 11) is -9.09. The van der Waals surface area contributed by atoms with Crippen LogP contribution in [0.3, 0.4) is 0 Å². The van der Waals surface area contributed by atoms with Gasteiger partial charge in [0.1, 0.15) is 0 Å². The van der Waals surface area contributed by atoms with Crippen molar-refractivity contribution in [2.75, 3.05) is 6.54 Å². The van der Waals surface area contributed by atoms with Gasteiger partial charge in [-0.15, -0.1) is 0 Å². The normalized spacial score (nSPS) is 12.6. The molecule has 0 spiro atoms. The van der Waals surface area contributed by atoms with E-state index in [1.165, 1.54) is 6.07 Å². The summed E-state index contributed by atoms with van der Waals surface area (Å²) >= 11 is 0. The molecule has 9 heteroatoms. The van der Waals surface area contributed by atoms with Gasteiger partial charge in [-0.05, 0) is 30.7 Å². The van der Waals surface area contributed by atoms with E-state index in [4.69, 9.17) is 14.8 Å². The Labute approximate surface area is 98.8 Å². The van der Waals surface area contributed by atoms with Crippen LogP contribution in [0.1, 0.15) is 5.56 Å². The van der Waals surface area contributed by atoms with Crippen LogP contribution in [0, 0.1) is 0 Å². The zero-order valence-electron chi connectivity index (χ0n) is 8.57. The van der Waals surface area contributed by atoms with E-state index in [0.717, 1.165) is 6.07 Å².